The summed E-state index contributed by atoms with van der Waals surface area (Å²) in [5, 5.41) is 11.5. The van der Waals surface area contributed by atoms with Crippen LogP contribution in [0.4, 0.5) is 0 Å². The van der Waals surface area contributed by atoms with Crippen LogP contribution in [0.25, 0.3) is 0 Å². The minimum Gasteiger partial charge on any atom is -0.409 e. The van der Waals surface area contributed by atoms with Crippen molar-refractivity contribution >= 4 is 5.84 Å². The fraction of sp³-hybridized carbons (Fsp3) is 0.600. The van der Waals surface area contributed by atoms with Crippen molar-refractivity contribution in [3.05, 3.63) is 18.2 Å². The summed E-state index contributed by atoms with van der Waals surface area (Å²) in [5.74, 6) is 1.36. The van der Waals surface area contributed by atoms with E-state index in [9.17, 15) is 0 Å². The highest BCUT2D eigenvalue weighted by atomic mass is 16.4. The zero-order valence-corrected chi connectivity index (χ0v) is 9.37. The topological polar surface area (TPSA) is 79.7 Å². The Kier molecular flexibility index (Phi) is 3.09. The van der Waals surface area contributed by atoms with Crippen LogP contribution in [0, 0.1) is 0 Å². The van der Waals surface area contributed by atoms with Gasteiger partial charge in [-0.05, 0) is 6.92 Å². The van der Waals surface area contributed by atoms with Crippen LogP contribution in [0.3, 0.4) is 0 Å². The number of rotatable bonds is 3. The molecule has 0 spiro atoms. The maximum absolute atomic E-state index is 8.53. The number of nitrogens with zero attached hydrogens (tertiary/aromatic N) is 4. The molecule has 0 saturated heterocycles. The van der Waals surface area contributed by atoms with Crippen LogP contribution in [-0.2, 0) is 13.1 Å². The van der Waals surface area contributed by atoms with Crippen molar-refractivity contribution in [1.29, 1.82) is 0 Å². The Bertz CT molecular complexity index is 386. The van der Waals surface area contributed by atoms with Gasteiger partial charge >= 0.3 is 0 Å². The smallest absolute Gasteiger partial charge is 0.140 e. The van der Waals surface area contributed by atoms with Crippen molar-refractivity contribution in [3.63, 3.8) is 0 Å². The third-order valence-corrected chi connectivity index (χ3v) is 3.03. The Labute approximate surface area is 94.4 Å². The summed E-state index contributed by atoms with van der Waals surface area (Å²) in [6.45, 7) is 4.84. The van der Waals surface area contributed by atoms with Gasteiger partial charge in [-0.25, -0.2) is 4.98 Å². The van der Waals surface area contributed by atoms with Crippen molar-refractivity contribution in [2.75, 3.05) is 6.54 Å². The molecule has 1 aromatic heterocycles. The second-order valence-electron chi connectivity index (χ2n) is 4.15. The highest BCUT2D eigenvalue weighted by Crippen LogP contribution is 2.14. The monoisotopic (exact) mass is 223 g/mol. The second kappa shape index (κ2) is 4.52. The molecule has 1 aromatic rings. The minimum atomic E-state index is 0.265. The summed E-state index contributed by atoms with van der Waals surface area (Å²) in [6, 6.07) is 0.265. The molecule has 1 aliphatic rings. The summed E-state index contributed by atoms with van der Waals surface area (Å²) < 4.78 is 2.16. The molecule has 0 fully saturated rings. The first-order chi connectivity index (χ1) is 7.70. The fourth-order valence-corrected chi connectivity index (χ4v) is 2.04. The number of imidazole rings is 1. The predicted octanol–water partition coefficient (Wildman–Crippen LogP) is 0.224. The van der Waals surface area contributed by atoms with Gasteiger partial charge in [-0.3, -0.25) is 4.90 Å². The highest BCUT2D eigenvalue weighted by molar-refractivity contribution is 5.80. The van der Waals surface area contributed by atoms with E-state index >= 15 is 0 Å². The van der Waals surface area contributed by atoms with Gasteiger partial charge in [0.15, 0.2) is 0 Å². The molecular weight excluding hydrogens is 206 g/mol. The van der Waals surface area contributed by atoms with Crippen molar-refractivity contribution in [3.8, 4) is 0 Å². The quantitative estimate of drug-likeness (QED) is 0.332. The van der Waals surface area contributed by atoms with E-state index in [1.54, 1.807) is 0 Å². The lowest BCUT2D eigenvalue weighted by molar-refractivity contribution is 0.165. The minimum absolute atomic E-state index is 0.265. The molecule has 2 heterocycles. The van der Waals surface area contributed by atoms with Gasteiger partial charge in [0.2, 0.25) is 0 Å². The van der Waals surface area contributed by atoms with E-state index < -0.39 is 0 Å². The normalized spacial score (nSPS) is 19.4. The van der Waals surface area contributed by atoms with Gasteiger partial charge < -0.3 is 15.5 Å². The molecule has 1 aliphatic heterocycles. The van der Waals surface area contributed by atoms with Gasteiger partial charge in [0.05, 0.1) is 6.54 Å². The van der Waals surface area contributed by atoms with Gasteiger partial charge in [0.1, 0.15) is 11.7 Å². The lowest BCUT2D eigenvalue weighted by Gasteiger charge is -2.32. The van der Waals surface area contributed by atoms with E-state index in [2.05, 4.69) is 26.5 Å². The Morgan fingerprint density at radius 2 is 2.50 bits per heavy atom. The third kappa shape index (κ3) is 2.16. The van der Waals surface area contributed by atoms with Gasteiger partial charge in [-0.1, -0.05) is 5.16 Å². The van der Waals surface area contributed by atoms with E-state index in [-0.39, 0.29) is 11.9 Å². The molecule has 6 heteroatoms. The van der Waals surface area contributed by atoms with Crippen LogP contribution in [0.2, 0.25) is 0 Å². The maximum Gasteiger partial charge on any atom is 0.140 e. The summed E-state index contributed by atoms with van der Waals surface area (Å²) in [4.78, 5) is 6.59. The summed E-state index contributed by atoms with van der Waals surface area (Å²) in [5.41, 5.74) is 5.51. The van der Waals surface area contributed by atoms with Crippen molar-refractivity contribution < 1.29 is 5.21 Å². The van der Waals surface area contributed by atoms with Gasteiger partial charge in [-0.15, -0.1) is 0 Å². The zero-order chi connectivity index (χ0) is 11.5. The van der Waals surface area contributed by atoms with E-state index in [0.717, 1.165) is 25.5 Å². The average molecular weight is 223 g/mol. The Hall–Kier alpha value is -1.56. The van der Waals surface area contributed by atoms with Crippen LogP contribution in [0.5, 0.6) is 0 Å². The van der Waals surface area contributed by atoms with Crippen LogP contribution in [0.15, 0.2) is 17.5 Å². The number of oxime groups is 1. The second-order valence-corrected chi connectivity index (χ2v) is 4.15. The van der Waals surface area contributed by atoms with Crippen LogP contribution >= 0.6 is 0 Å². The summed E-state index contributed by atoms with van der Waals surface area (Å²) in [7, 11) is 0. The molecule has 0 saturated carbocycles. The van der Waals surface area contributed by atoms with E-state index in [1.165, 1.54) is 0 Å². The first kappa shape index (κ1) is 10.9. The number of amidine groups is 1. The SMILES string of the molecule is CC(CC(N)=NO)N1CCn2ccnc2C1. The largest absolute Gasteiger partial charge is 0.409 e. The van der Waals surface area contributed by atoms with Crippen LogP contribution < -0.4 is 5.73 Å². The molecule has 1 atom stereocenters. The molecule has 16 heavy (non-hydrogen) atoms. The molecule has 88 valence electrons. The standard InChI is InChI=1S/C10H17N5O/c1-8(6-9(11)13-16)15-5-4-14-3-2-12-10(14)7-15/h2-3,8,16H,4-7H2,1H3,(H2,11,13). The number of fused-ring (bicyclic) bond motifs is 1. The highest BCUT2D eigenvalue weighted by Gasteiger charge is 2.21. The Morgan fingerprint density at radius 1 is 1.69 bits per heavy atom. The Morgan fingerprint density at radius 3 is 3.25 bits per heavy atom. The van der Waals surface area contributed by atoms with Crippen LogP contribution in [0.1, 0.15) is 19.2 Å². The fourth-order valence-electron chi connectivity index (χ4n) is 2.04. The molecule has 3 N–H and O–H groups in total. The maximum atomic E-state index is 8.53. The van der Waals surface area contributed by atoms with Crippen LogP contribution in [-0.4, -0.2) is 38.1 Å². The summed E-state index contributed by atoms with van der Waals surface area (Å²) >= 11 is 0. The molecule has 0 radical (unpaired) electrons. The molecule has 1 unspecified atom stereocenters. The summed E-state index contributed by atoms with van der Waals surface area (Å²) in [6.07, 6.45) is 4.41. The number of aromatic nitrogens is 2. The van der Waals surface area contributed by atoms with Gasteiger partial charge in [-0.2, -0.15) is 0 Å². The molecule has 6 nitrogen and oxygen atoms in total. The molecular formula is C10H17N5O. The first-order valence-electron chi connectivity index (χ1n) is 5.41. The lowest BCUT2D eigenvalue weighted by atomic mass is 10.1. The van der Waals surface area contributed by atoms with Gasteiger partial charge in [0.25, 0.3) is 0 Å². The van der Waals surface area contributed by atoms with E-state index in [1.807, 2.05) is 12.4 Å². The first-order valence-corrected chi connectivity index (χ1v) is 5.41. The molecule has 0 aromatic carbocycles. The molecule has 0 bridgehead atoms. The van der Waals surface area contributed by atoms with Crippen molar-refractivity contribution in [2.45, 2.75) is 32.5 Å². The predicted molar refractivity (Wildman–Crippen MR) is 60.1 cm³/mol. The van der Waals surface area contributed by atoms with E-state index in [4.69, 9.17) is 10.9 Å². The van der Waals surface area contributed by atoms with Crippen molar-refractivity contribution in [1.82, 2.24) is 14.5 Å². The van der Waals surface area contributed by atoms with Crippen molar-refractivity contribution in [2.24, 2.45) is 10.9 Å². The number of nitrogens with two attached hydrogens (primary N) is 1. The molecule has 0 aliphatic carbocycles. The zero-order valence-electron chi connectivity index (χ0n) is 9.37. The molecule has 2 rings (SSSR count). The number of hydrogen-bond acceptors (Lipinski definition) is 4. The van der Waals surface area contributed by atoms with Gasteiger partial charge in [0, 0.05) is 37.9 Å². The Balaban J connectivity index is 1.98. The molecule has 0 amide bonds. The number of hydrogen-bond donors (Lipinski definition) is 2. The van der Waals surface area contributed by atoms with E-state index in [0.29, 0.717) is 6.42 Å². The average Bonchev–Trinajstić information content (AvgIpc) is 2.75. The third-order valence-electron chi connectivity index (χ3n) is 3.03. The lowest BCUT2D eigenvalue weighted by Crippen LogP contribution is -2.41.